The van der Waals surface area contributed by atoms with Crippen LogP contribution in [-0.2, 0) is 27.2 Å². The van der Waals surface area contributed by atoms with Gasteiger partial charge in [0.25, 0.3) is 21.8 Å². The van der Waals surface area contributed by atoms with Gasteiger partial charge in [0.05, 0.1) is 28.2 Å². The number of carbonyl (C=O) groups is 3. The molecule has 0 fully saturated rings. The van der Waals surface area contributed by atoms with E-state index < -0.39 is 56.1 Å². The fraction of sp³-hybridized carbons (Fsp3) is 0.206. The number of anilines is 4. The van der Waals surface area contributed by atoms with Crippen molar-refractivity contribution >= 4 is 50.5 Å². The van der Waals surface area contributed by atoms with E-state index in [9.17, 15) is 49.1 Å². The molecule has 50 heavy (non-hydrogen) atoms. The number of para-hydroxylation sites is 1. The van der Waals surface area contributed by atoms with Crippen LogP contribution < -0.4 is 20.7 Å². The van der Waals surface area contributed by atoms with Crippen molar-refractivity contribution in [3.8, 4) is 0 Å². The molecule has 0 atom stereocenters. The summed E-state index contributed by atoms with van der Waals surface area (Å²) in [4.78, 5) is 38.4. The lowest BCUT2D eigenvalue weighted by atomic mass is 10.1. The van der Waals surface area contributed by atoms with E-state index in [0.29, 0.717) is 12.5 Å². The summed E-state index contributed by atoms with van der Waals surface area (Å²) in [6.45, 7) is 1.92. The molecular weight excluding hydrogens is 690 g/mol. The van der Waals surface area contributed by atoms with Crippen molar-refractivity contribution in [3.05, 3.63) is 113 Å². The molecule has 264 valence electrons. The van der Waals surface area contributed by atoms with Crippen molar-refractivity contribution in [1.82, 2.24) is 4.72 Å². The van der Waals surface area contributed by atoms with Gasteiger partial charge in [0.1, 0.15) is 4.90 Å². The SMILES string of the molecule is CCCCCC(=O)NS(=O)(=O)c1ccccc1NC(=O)c1ccc(Nc2ccc(C(F)(F)F)cc2)c(NC(=O)c2cccc(C(F)(F)F)c2)c1. The number of halogens is 6. The highest BCUT2D eigenvalue weighted by Crippen LogP contribution is 2.33. The second kappa shape index (κ2) is 15.4. The van der Waals surface area contributed by atoms with Crippen molar-refractivity contribution in [3.63, 3.8) is 0 Å². The van der Waals surface area contributed by atoms with Crippen LogP contribution in [0.15, 0.2) is 95.9 Å². The third-order valence-corrected chi connectivity index (χ3v) is 8.59. The topological polar surface area (TPSA) is 133 Å². The number of rotatable bonds is 12. The van der Waals surface area contributed by atoms with E-state index in [0.717, 1.165) is 61.4 Å². The summed E-state index contributed by atoms with van der Waals surface area (Å²) in [6, 6.07) is 16.4. The zero-order valence-corrected chi connectivity index (χ0v) is 27.0. The Morgan fingerprint density at radius 2 is 1.26 bits per heavy atom. The Morgan fingerprint density at radius 1 is 0.640 bits per heavy atom. The maximum atomic E-state index is 13.4. The van der Waals surface area contributed by atoms with Crippen molar-refractivity contribution in [2.24, 2.45) is 0 Å². The van der Waals surface area contributed by atoms with Gasteiger partial charge in [0, 0.05) is 23.2 Å². The summed E-state index contributed by atoms with van der Waals surface area (Å²) in [5.41, 5.74) is -2.70. The van der Waals surface area contributed by atoms with Crippen molar-refractivity contribution in [1.29, 1.82) is 0 Å². The Balaban J connectivity index is 1.65. The lowest BCUT2D eigenvalue weighted by Crippen LogP contribution is -2.31. The van der Waals surface area contributed by atoms with Gasteiger partial charge in [-0.25, -0.2) is 13.1 Å². The summed E-state index contributed by atoms with van der Waals surface area (Å²) in [7, 11) is -4.41. The van der Waals surface area contributed by atoms with Crippen LogP contribution in [-0.4, -0.2) is 26.1 Å². The van der Waals surface area contributed by atoms with Crippen LogP contribution in [0.25, 0.3) is 0 Å². The maximum Gasteiger partial charge on any atom is 0.416 e. The second-order valence-corrected chi connectivity index (χ2v) is 12.6. The van der Waals surface area contributed by atoms with Crippen molar-refractivity contribution in [2.75, 3.05) is 16.0 Å². The summed E-state index contributed by atoms with van der Waals surface area (Å²) in [6.07, 6.45) is -7.35. The smallest absolute Gasteiger partial charge is 0.354 e. The molecule has 4 aromatic rings. The normalized spacial score (nSPS) is 11.8. The minimum absolute atomic E-state index is 0.0244. The number of hydrogen-bond donors (Lipinski definition) is 4. The van der Waals surface area contributed by atoms with Gasteiger partial charge in [-0.05, 0) is 79.2 Å². The molecule has 4 N–H and O–H groups in total. The molecule has 0 aliphatic rings. The van der Waals surface area contributed by atoms with Crippen LogP contribution in [0, 0.1) is 0 Å². The summed E-state index contributed by atoms with van der Waals surface area (Å²) >= 11 is 0. The zero-order valence-electron chi connectivity index (χ0n) is 26.2. The van der Waals surface area contributed by atoms with Gasteiger partial charge in [-0.1, -0.05) is 38.0 Å². The van der Waals surface area contributed by atoms with E-state index in [2.05, 4.69) is 16.0 Å². The highest BCUT2D eigenvalue weighted by atomic mass is 32.2. The standard InChI is InChI=1S/C34H30F6N4O5S/c1-2-3-4-12-30(45)44-50(48,49)29-11-6-5-10-27(29)42-32(47)22-13-18-26(41-25-16-14-23(15-17-25)33(35,36)37)28(20-22)43-31(46)21-8-7-9-24(19-21)34(38,39)40/h5-11,13-20,41H,2-4,12H2,1H3,(H,42,47)(H,43,46)(H,44,45). The number of amides is 3. The number of nitrogens with one attached hydrogen (secondary N) is 4. The van der Waals surface area contributed by atoms with E-state index in [4.69, 9.17) is 0 Å². The van der Waals surface area contributed by atoms with Crippen LogP contribution in [0.2, 0.25) is 0 Å². The van der Waals surface area contributed by atoms with Crippen LogP contribution in [0.5, 0.6) is 0 Å². The Kier molecular flexibility index (Phi) is 11.6. The first kappa shape index (κ1) is 37.4. The third kappa shape index (κ3) is 9.84. The molecule has 0 radical (unpaired) electrons. The van der Waals surface area contributed by atoms with Crippen molar-refractivity contribution < 1.29 is 49.1 Å². The van der Waals surface area contributed by atoms with Gasteiger partial charge >= 0.3 is 12.4 Å². The summed E-state index contributed by atoms with van der Waals surface area (Å²) < 4.78 is 107. The Labute approximate surface area is 283 Å². The monoisotopic (exact) mass is 720 g/mol. The Bertz CT molecular complexity index is 1980. The van der Waals surface area contributed by atoms with E-state index in [-0.39, 0.29) is 40.3 Å². The molecule has 0 unspecified atom stereocenters. The van der Waals surface area contributed by atoms with E-state index >= 15 is 0 Å². The fourth-order valence-corrected chi connectivity index (χ4v) is 5.80. The molecule has 0 aliphatic heterocycles. The Morgan fingerprint density at radius 3 is 1.90 bits per heavy atom. The Hall–Kier alpha value is -5.38. The average Bonchev–Trinajstić information content (AvgIpc) is 3.05. The van der Waals surface area contributed by atoms with Gasteiger partial charge in [0.15, 0.2) is 0 Å². The molecule has 3 amide bonds. The van der Waals surface area contributed by atoms with Crippen LogP contribution >= 0.6 is 0 Å². The lowest BCUT2D eigenvalue weighted by molar-refractivity contribution is -0.138. The minimum Gasteiger partial charge on any atom is -0.354 e. The van der Waals surface area contributed by atoms with Gasteiger partial charge in [0.2, 0.25) is 5.91 Å². The zero-order chi connectivity index (χ0) is 36.7. The molecule has 0 bridgehead atoms. The molecule has 0 saturated carbocycles. The number of sulfonamides is 1. The summed E-state index contributed by atoms with van der Waals surface area (Å²) in [5.74, 6) is -2.61. The minimum atomic E-state index is -4.74. The average molecular weight is 721 g/mol. The van der Waals surface area contributed by atoms with Crippen LogP contribution in [0.3, 0.4) is 0 Å². The van der Waals surface area contributed by atoms with E-state index in [1.54, 1.807) is 0 Å². The number of alkyl halides is 6. The molecular formula is C34H30F6N4O5S. The first-order chi connectivity index (χ1) is 23.5. The van der Waals surface area contributed by atoms with E-state index in [1.807, 2.05) is 11.6 Å². The molecule has 9 nitrogen and oxygen atoms in total. The van der Waals surface area contributed by atoms with Crippen molar-refractivity contribution in [2.45, 2.75) is 49.9 Å². The molecule has 16 heteroatoms. The predicted molar refractivity (Wildman–Crippen MR) is 174 cm³/mol. The number of benzene rings is 4. The molecule has 0 heterocycles. The maximum absolute atomic E-state index is 13.4. The molecule has 4 aromatic carbocycles. The third-order valence-electron chi connectivity index (χ3n) is 7.15. The quantitative estimate of drug-likeness (QED) is 0.0859. The molecule has 0 aromatic heterocycles. The molecule has 0 spiro atoms. The van der Waals surface area contributed by atoms with Gasteiger partial charge < -0.3 is 16.0 Å². The van der Waals surface area contributed by atoms with Gasteiger partial charge in [-0.3, -0.25) is 14.4 Å². The van der Waals surface area contributed by atoms with E-state index in [1.165, 1.54) is 36.4 Å². The van der Waals surface area contributed by atoms with Crippen LogP contribution in [0.1, 0.15) is 64.4 Å². The predicted octanol–water partition coefficient (Wildman–Crippen LogP) is 8.36. The fourth-order valence-electron chi connectivity index (χ4n) is 4.62. The number of unbranched alkanes of at least 4 members (excludes halogenated alkanes) is 2. The highest BCUT2D eigenvalue weighted by molar-refractivity contribution is 7.90. The first-order valence-corrected chi connectivity index (χ1v) is 16.5. The van der Waals surface area contributed by atoms with Gasteiger partial charge in [-0.2, -0.15) is 26.3 Å². The molecule has 4 rings (SSSR count). The number of hydrogen-bond acceptors (Lipinski definition) is 6. The second-order valence-electron chi connectivity index (χ2n) is 10.9. The summed E-state index contributed by atoms with van der Waals surface area (Å²) in [5, 5.41) is 7.69. The lowest BCUT2D eigenvalue weighted by Gasteiger charge is -2.17. The number of carbonyl (C=O) groups excluding carboxylic acids is 3. The molecule has 0 saturated heterocycles. The highest BCUT2D eigenvalue weighted by Gasteiger charge is 2.31. The molecule has 0 aliphatic carbocycles. The largest absolute Gasteiger partial charge is 0.416 e. The van der Waals surface area contributed by atoms with Gasteiger partial charge in [-0.15, -0.1) is 0 Å². The van der Waals surface area contributed by atoms with Crippen LogP contribution in [0.4, 0.5) is 49.1 Å². The first-order valence-electron chi connectivity index (χ1n) is 15.0.